The van der Waals surface area contributed by atoms with Crippen LogP contribution in [0.15, 0.2) is 84.9 Å². The molecule has 7 nitrogen and oxygen atoms in total. The standard InChI is InChI=1S/C32H35FN4O3/c33-27-13-11-23(12-14-27)15-18-35-30(40)32(25-9-5-2-6-10-25)21-26(32)22-37-19-16-31(17-20-37,36-29(39)28(34)38)24-7-3-1-4-8-24/h1-14,26H,15-22H2,(H2,34,38)(H,35,40)(H,36,39). The van der Waals surface area contributed by atoms with Crippen molar-refractivity contribution < 1.29 is 18.8 Å². The molecule has 2 fully saturated rings. The van der Waals surface area contributed by atoms with Crippen LogP contribution in [0.5, 0.6) is 0 Å². The van der Waals surface area contributed by atoms with E-state index in [0.717, 1.165) is 29.7 Å². The van der Waals surface area contributed by atoms with Gasteiger partial charge in [-0.3, -0.25) is 14.4 Å². The lowest BCUT2D eigenvalue weighted by molar-refractivity contribution is -0.139. The highest BCUT2D eigenvalue weighted by atomic mass is 19.1. The zero-order chi connectivity index (χ0) is 28.2. The molecule has 3 aromatic carbocycles. The van der Waals surface area contributed by atoms with Crippen molar-refractivity contribution >= 4 is 17.7 Å². The summed E-state index contributed by atoms with van der Waals surface area (Å²) >= 11 is 0. The molecule has 1 saturated heterocycles. The van der Waals surface area contributed by atoms with Crippen LogP contribution in [-0.4, -0.2) is 48.8 Å². The van der Waals surface area contributed by atoms with Crippen molar-refractivity contribution in [1.82, 2.24) is 15.5 Å². The van der Waals surface area contributed by atoms with Gasteiger partial charge in [-0.1, -0.05) is 72.8 Å². The number of carbonyl (C=O) groups excluding carboxylic acids is 3. The second-order valence-electron chi connectivity index (χ2n) is 10.9. The SMILES string of the molecule is NC(=O)C(=O)NC1(c2ccccc2)CCN(CC2CC2(C(=O)NCCc2ccc(F)cc2)c2ccccc2)CC1. The van der Waals surface area contributed by atoms with Crippen LogP contribution >= 0.6 is 0 Å². The lowest BCUT2D eigenvalue weighted by Crippen LogP contribution is -2.55. The van der Waals surface area contributed by atoms with E-state index in [1.54, 1.807) is 12.1 Å². The Hall–Kier alpha value is -4.04. The number of nitrogens with zero attached hydrogens (tertiary/aromatic N) is 1. The van der Waals surface area contributed by atoms with Crippen molar-refractivity contribution in [2.75, 3.05) is 26.2 Å². The molecule has 1 aliphatic carbocycles. The van der Waals surface area contributed by atoms with E-state index < -0.39 is 22.8 Å². The fraction of sp³-hybridized carbons (Fsp3) is 0.344. The molecule has 0 radical (unpaired) electrons. The summed E-state index contributed by atoms with van der Waals surface area (Å²) in [7, 11) is 0. The van der Waals surface area contributed by atoms with Crippen molar-refractivity contribution in [3.05, 3.63) is 107 Å². The number of amides is 3. The number of carbonyl (C=O) groups is 3. The molecule has 2 unspecified atom stereocenters. The van der Waals surface area contributed by atoms with Gasteiger partial charge in [0.1, 0.15) is 5.82 Å². The smallest absolute Gasteiger partial charge is 0.309 e. The summed E-state index contributed by atoms with van der Waals surface area (Å²) in [4.78, 5) is 39.8. The van der Waals surface area contributed by atoms with Gasteiger partial charge in [0.2, 0.25) is 5.91 Å². The number of benzene rings is 3. The molecule has 40 heavy (non-hydrogen) atoms. The van der Waals surface area contributed by atoms with Crippen molar-refractivity contribution in [2.45, 2.75) is 36.6 Å². The number of primary amides is 1. The van der Waals surface area contributed by atoms with Crippen molar-refractivity contribution in [2.24, 2.45) is 11.7 Å². The molecule has 1 heterocycles. The number of likely N-dealkylation sites (tertiary alicyclic amines) is 1. The Morgan fingerprint density at radius 1 is 0.875 bits per heavy atom. The molecule has 0 bridgehead atoms. The van der Waals surface area contributed by atoms with E-state index in [-0.39, 0.29) is 17.6 Å². The number of hydrogen-bond donors (Lipinski definition) is 3. The number of hydrogen-bond acceptors (Lipinski definition) is 4. The minimum Gasteiger partial charge on any atom is -0.361 e. The monoisotopic (exact) mass is 542 g/mol. The van der Waals surface area contributed by atoms with Crippen LogP contribution in [0.25, 0.3) is 0 Å². The van der Waals surface area contributed by atoms with Crippen LogP contribution in [0.3, 0.4) is 0 Å². The van der Waals surface area contributed by atoms with Crippen LogP contribution < -0.4 is 16.4 Å². The molecule has 0 aromatic heterocycles. The number of nitrogens with one attached hydrogen (secondary N) is 2. The first-order chi connectivity index (χ1) is 19.3. The number of halogens is 1. The Morgan fingerprint density at radius 3 is 2.08 bits per heavy atom. The van der Waals surface area contributed by atoms with Gasteiger partial charge >= 0.3 is 11.8 Å². The molecule has 3 aromatic rings. The molecular weight excluding hydrogens is 507 g/mol. The number of rotatable bonds is 9. The fourth-order valence-electron chi connectivity index (χ4n) is 6.13. The molecule has 5 rings (SSSR count). The van der Waals surface area contributed by atoms with Crippen LogP contribution in [0.2, 0.25) is 0 Å². The molecule has 0 spiro atoms. The Labute approximate surface area is 233 Å². The molecule has 2 atom stereocenters. The van der Waals surface area contributed by atoms with Crippen molar-refractivity contribution in [1.29, 1.82) is 0 Å². The van der Waals surface area contributed by atoms with Gasteiger partial charge in [-0.2, -0.15) is 0 Å². The predicted molar refractivity (Wildman–Crippen MR) is 150 cm³/mol. The maximum atomic E-state index is 13.6. The van der Waals surface area contributed by atoms with Crippen LogP contribution in [-0.2, 0) is 31.8 Å². The van der Waals surface area contributed by atoms with Crippen molar-refractivity contribution in [3.8, 4) is 0 Å². The maximum Gasteiger partial charge on any atom is 0.309 e. The lowest BCUT2D eigenvalue weighted by Gasteiger charge is -2.43. The average molecular weight is 543 g/mol. The van der Waals surface area contributed by atoms with Gasteiger partial charge < -0.3 is 21.3 Å². The summed E-state index contributed by atoms with van der Waals surface area (Å²) in [5, 5.41) is 6.05. The van der Waals surface area contributed by atoms with Gasteiger partial charge in [0.05, 0.1) is 11.0 Å². The maximum absolute atomic E-state index is 13.6. The first-order valence-corrected chi connectivity index (χ1v) is 13.8. The summed E-state index contributed by atoms with van der Waals surface area (Å²) < 4.78 is 13.2. The van der Waals surface area contributed by atoms with E-state index in [1.165, 1.54) is 12.1 Å². The highest BCUT2D eigenvalue weighted by molar-refractivity contribution is 6.34. The summed E-state index contributed by atoms with van der Waals surface area (Å²) in [6, 6.07) is 26.0. The third-order valence-electron chi connectivity index (χ3n) is 8.50. The zero-order valence-electron chi connectivity index (χ0n) is 22.4. The minimum absolute atomic E-state index is 0.0233. The lowest BCUT2D eigenvalue weighted by atomic mass is 9.80. The minimum atomic E-state index is -0.992. The van der Waals surface area contributed by atoms with Gasteiger partial charge in [-0.05, 0) is 60.4 Å². The van der Waals surface area contributed by atoms with Crippen LogP contribution in [0, 0.1) is 11.7 Å². The Morgan fingerprint density at radius 2 is 1.48 bits per heavy atom. The Kier molecular flexibility index (Phi) is 7.98. The van der Waals surface area contributed by atoms with Gasteiger partial charge in [0, 0.05) is 26.2 Å². The molecule has 1 aliphatic heterocycles. The Bertz CT molecular complexity index is 1340. The number of piperidine rings is 1. The number of nitrogens with two attached hydrogens (primary N) is 1. The fourth-order valence-corrected chi connectivity index (χ4v) is 6.13. The summed E-state index contributed by atoms with van der Waals surface area (Å²) in [6.45, 7) is 2.66. The van der Waals surface area contributed by atoms with E-state index >= 15 is 0 Å². The van der Waals surface area contributed by atoms with Gasteiger partial charge in [0.25, 0.3) is 0 Å². The van der Waals surface area contributed by atoms with E-state index in [9.17, 15) is 18.8 Å². The molecule has 1 saturated carbocycles. The summed E-state index contributed by atoms with van der Waals surface area (Å²) in [6.07, 6.45) is 2.65. The predicted octanol–water partition coefficient (Wildman–Crippen LogP) is 3.04. The molecule has 8 heteroatoms. The first-order valence-electron chi connectivity index (χ1n) is 13.8. The normalized spacial score (nSPS) is 21.8. The van der Waals surface area contributed by atoms with Crippen molar-refractivity contribution in [3.63, 3.8) is 0 Å². The quantitative estimate of drug-likeness (QED) is 0.362. The average Bonchev–Trinajstić information content (AvgIpc) is 3.71. The topological polar surface area (TPSA) is 105 Å². The molecule has 208 valence electrons. The third kappa shape index (κ3) is 5.77. The highest BCUT2D eigenvalue weighted by Crippen LogP contribution is 2.55. The largest absolute Gasteiger partial charge is 0.361 e. The summed E-state index contributed by atoms with van der Waals surface area (Å²) in [5.41, 5.74) is 6.96. The highest BCUT2D eigenvalue weighted by Gasteiger charge is 2.61. The van der Waals surface area contributed by atoms with E-state index in [1.807, 2.05) is 60.7 Å². The Balaban J connectivity index is 1.25. The second kappa shape index (κ2) is 11.6. The van der Waals surface area contributed by atoms with E-state index in [4.69, 9.17) is 5.73 Å². The summed E-state index contributed by atoms with van der Waals surface area (Å²) in [5.74, 6) is -1.86. The zero-order valence-corrected chi connectivity index (χ0v) is 22.4. The van der Waals surface area contributed by atoms with Crippen LogP contribution in [0.4, 0.5) is 4.39 Å². The van der Waals surface area contributed by atoms with Gasteiger partial charge in [-0.25, -0.2) is 4.39 Å². The first kappa shape index (κ1) is 27.5. The van der Waals surface area contributed by atoms with E-state index in [0.29, 0.717) is 38.9 Å². The molecular formula is C32H35FN4O3. The van der Waals surface area contributed by atoms with Gasteiger partial charge in [-0.15, -0.1) is 0 Å². The molecule has 2 aliphatic rings. The van der Waals surface area contributed by atoms with Gasteiger partial charge in [0.15, 0.2) is 0 Å². The second-order valence-corrected chi connectivity index (χ2v) is 10.9. The third-order valence-corrected chi connectivity index (χ3v) is 8.50. The van der Waals surface area contributed by atoms with E-state index in [2.05, 4.69) is 15.5 Å². The molecule has 4 N–H and O–H groups in total. The molecule has 3 amide bonds. The van der Waals surface area contributed by atoms with Crippen LogP contribution in [0.1, 0.15) is 36.0 Å².